The minimum absolute atomic E-state index is 0. The Bertz CT molecular complexity index is 7100. The molecule has 5 aromatic heterocycles. The van der Waals surface area contributed by atoms with Gasteiger partial charge in [-0.15, -0.1) is 0 Å². The van der Waals surface area contributed by atoms with Crippen molar-refractivity contribution >= 4 is 115 Å². The van der Waals surface area contributed by atoms with Crippen LogP contribution < -0.4 is 31.9 Å². The third-order valence-corrected chi connectivity index (χ3v) is 27.7. The van der Waals surface area contributed by atoms with Gasteiger partial charge in [0.25, 0.3) is 0 Å². The molecule has 20 rings (SSSR count). The second-order valence-corrected chi connectivity index (χ2v) is 37.9. The number of anilines is 5. The number of fused-ring (bicyclic) bond motifs is 5. The fraction of sp³-hybridized carbons (Fsp3) is 0.241. The van der Waals surface area contributed by atoms with Crippen molar-refractivity contribution in [2.75, 3.05) is 118 Å². The van der Waals surface area contributed by atoms with Crippen LogP contribution in [0.15, 0.2) is 274 Å². The second-order valence-electron chi connectivity index (χ2n) is 34.6. The molecule has 5 aliphatic heterocycles. The van der Waals surface area contributed by atoms with E-state index in [0.29, 0.717) is 71.9 Å². The minimum Gasteiger partial charge on any atom is -0.412 e. The van der Waals surface area contributed by atoms with Gasteiger partial charge in [-0.25, -0.2) is 16.9 Å². The number of amides is 2. The van der Waals surface area contributed by atoms with Crippen molar-refractivity contribution in [3.63, 3.8) is 0 Å². The van der Waals surface area contributed by atoms with Crippen LogP contribution in [0.4, 0.5) is 28.4 Å². The normalized spacial score (nSPS) is 15.3. The number of sulfonamides is 1. The molecule has 0 spiro atoms. The number of likely N-dealkylation sites (tertiary alicyclic amines) is 2. The van der Waals surface area contributed by atoms with E-state index < -0.39 is 21.0 Å². The maximum absolute atomic E-state index is 11.6. The van der Waals surface area contributed by atoms with Crippen LogP contribution in [0, 0.1) is 68.5 Å². The lowest BCUT2D eigenvalue weighted by Gasteiger charge is -2.39. The maximum Gasteiger partial charge on any atom is 0.219 e. The van der Waals surface area contributed by atoms with Gasteiger partial charge in [0.1, 0.15) is 0 Å². The first-order chi connectivity index (χ1) is 65.7. The van der Waals surface area contributed by atoms with Crippen molar-refractivity contribution in [3.05, 3.63) is 302 Å². The van der Waals surface area contributed by atoms with Crippen molar-refractivity contribution < 1.29 is 27.7 Å². The molecule has 136 heavy (non-hydrogen) atoms. The average Bonchev–Trinajstić information content (AvgIpc) is 1.11. The topological polar surface area (TPSA) is 385 Å². The van der Waals surface area contributed by atoms with Crippen molar-refractivity contribution in [1.29, 1.82) is 26.3 Å². The van der Waals surface area contributed by atoms with Gasteiger partial charge in [-0.1, -0.05) is 60.7 Å². The van der Waals surface area contributed by atoms with Crippen LogP contribution in [-0.4, -0.2) is 182 Å². The first kappa shape index (κ1) is 95.2. The number of hydrogen-bond acceptors (Lipinski definition) is 21. The van der Waals surface area contributed by atoms with Crippen LogP contribution >= 0.6 is 0 Å². The summed E-state index contributed by atoms with van der Waals surface area (Å²) >= 11 is 0. The summed E-state index contributed by atoms with van der Waals surface area (Å²) in [6.07, 6.45) is 26.6. The quantitative estimate of drug-likeness (QED) is 0.0438. The summed E-state index contributed by atoms with van der Waals surface area (Å²) in [4.78, 5) is 48.0. The van der Waals surface area contributed by atoms with Crippen LogP contribution in [0.2, 0.25) is 0 Å². The Kier molecular flexibility index (Phi) is 31.1. The number of carbonyl (C=O) groups is 2. The average molecular weight is 1840 g/mol. The summed E-state index contributed by atoms with van der Waals surface area (Å²) in [5.41, 5.74) is 18.8. The molecule has 0 saturated carbocycles. The molecule has 15 aromatic rings. The number of aromatic nitrogens is 5. The summed E-state index contributed by atoms with van der Waals surface area (Å²) in [6, 6.07) is 81.2. The molecular weight excluding hydrogens is 1740 g/mol. The molecule has 26 nitrogen and oxygen atoms in total. The zero-order valence-electron chi connectivity index (χ0n) is 76.0. The summed E-state index contributed by atoms with van der Waals surface area (Å²) in [6.45, 7) is 12.8. The van der Waals surface area contributed by atoms with E-state index in [1.807, 2.05) is 197 Å². The van der Waals surface area contributed by atoms with E-state index in [-0.39, 0.29) is 29.4 Å². The Hall–Kier alpha value is -15.4. The molecule has 5 aliphatic rings. The Morgan fingerprint density at radius 3 is 0.971 bits per heavy atom. The van der Waals surface area contributed by atoms with Crippen LogP contribution in [0.1, 0.15) is 73.8 Å². The molecule has 1 unspecified atom stereocenters. The van der Waals surface area contributed by atoms with Gasteiger partial charge in [-0.3, -0.25) is 34.5 Å². The lowest BCUT2D eigenvalue weighted by atomic mass is 9.96. The molecule has 0 radical (unpaired) electrons. The molecule has 0 aliphatic carbocycles. The molecule has 10 aromatic carbocycles. The zero-order valence-corrected chi connectivity index (χ0v) is 77.6. The Morgan fingerprint density at radius 1 is 0.390 bits per heavy atom. The van der Waals surface area contributed by atoms with Gasteiger partial charge in [0, 0.05) is 215 Å². The number of nitriles is 5. The standard InChI is InChI=1S/C24H24N4O.C23H24N4OS.C21H18N4O.C20H18N4O2S.C20H18N4.H2O/c1-17(29)28-9-6-18(7-10-28)15-27-24-13-22(12-21-5-8-26-16-23(21)24)20-4-2-3-19(11-20)14-25;1-29(28)27-9-6-17(7-10-27)15-26-23-13-21(12-20-5-8-25-16-22(20)23)19-4-2-3-18(11-19)14-24;1-14(26)25-12-19(13-25)24-21-9-18(8-17-5-6-23-11-20(17)21)16-4-2-3-15(7-16)10-22;1-27(25,26)24-12-18(13-24)23-20-9-17(8-16-5-6-22-11-19(16)20)15-4-2-3-14(7-15)10-21;21-11-14-2-1-3-15(8-14)17-9-16-4-6-23-13-19(16)20(10-17)24-18-5-7-22-12-18;/h2-5,8,11-13,16,18,27H,6-7,9-10,15H2,1H3;2-5,8,11-13,16-17,26H,6-7,9-10,15H2,1H3;2-9,11,19,24H,12-13H2,1H3;2-9,11,18,23H,12-13H2,1H3;1-4,6,8-10,13,18,22,24H,5,7,12H2;1H2/t;;;;18-;/m....0./s1. The van der Waals surface area contributed by atoms with Gasteiger partial charge in [0.2, 0.25) is 21.8 Å². The smallest absolute Gasteiger partial charge is 0.219 e. The highest BCUT2D eigenvalue weighted by molar-refractivity contribution is 7.88. The van der Waals surface area contributed by atoms with Gasteiger partial charge in [0.15, 0.2) is 0 Å². The third-order valence-electron chi connectivity index (χ3n) is 25.3. The van der Waals surface area contributed by atoms with E-state index in [0.717, 1.165) is 222 Å². The molecule has 8 N–H and O–H groups in total. The number of nitrogens with zero attached hydrogens (tertiary/aromatic N) is 14. The second kappa shape index (κ2) is 44.4. The van der Waals surface area contributed by atoms with Crippen molar-refractivity contribution in [1.82, 2.24) is 48.6 Å². The Balaban J connectivity index is 0.000000129. The van der Waals surface area contributed by atoms with Crippen LogP contribution in [0.5, 0.6) is 0 Å². The molecule has 28 heteroatoms. The van der Waals surface area contributed by atoms with E-state index in [2.05, 4.69) is 142 Å². The Morgan fingerprint density at radius 2 is 0.684 bits per heavy atom. The molecular formula is C108H104N20O6S2. The molecule has 2 amide bonds. The predicted octanol–water partition coefficient (Wildman–Crippen LogP) is 17.6. The largest absolute Gasteiger partial charge is 0.412 e. The number of piperidine rings is 2. The molecule has 0 bridgehead atoms. The number of hydrogen-bond donors (Lipinski definition) is 6. The van der Waals surface area contributed by atoms with Gasteiger partial charge >= 0.3 is 0 Å². The summed E-state index contributed by atoms with van der Waals surface area (Å²) < 4.78 is 38.3. The lowest BCUT2D eigenvalue weighted by molar-refractivity contribution is -0.132. The van der Waals surface area contributed by atoms with Gasteiger partial charge in [0.05, 0.1) is 87.5 Å². The number of pyridine rings is 5. The van der Waals surface area contributed by atoms with Crippen molar-refractivity contribution in [2.45, 2.75) is 64.1 Å². The highest BCUT2D eigenvalue weighted by Crippen LogP contribution is 2.39. The SMILES string of the molecule is CC(=O)N1CC(Nc2cc(-c3cccc(C#N)c3)cc3ccncc23)C1.CC(=O)N1CCC(CNc2cc(-c3cccc(C#N)c3)cc3ccncc23)CC1.CS(=O)(=O)N1CC(Nc2cc(-c3cccc(C#N)c3)cc3ccncc23)C1.CS(=O)N1CCC(CNc2cc(-c3cccc(C#N)c3)cc3ccncc23)CC1.N#Cc1cccc(-c2cc(N[C@H]3CCNC3)c3cnccc3c2)c1.O. The maximum atomic E-state index is 11.6. The summed E-state index contributed by atoms with van der Waals surface area (Å²) in [5.74, 6) is 1.38. The lowest BCUT2D eigenvalue weighted by Crippen LogP contribution is -2.56. The monoisotopic (exact) mass is 1840 g/mol. The van der Waals surface area contributed by atoms with E-state index in [1.165, 1.54) is 10.6 Å². The summed E-state index contributed by atoms with van der Waals surface area (Å²) in [7, 11) is -4.01. The van der Waals surface area contributed by atoms with Crippen molar-refractivity contribution in [3.8, 4) is 86.0 Å². The van der Waals surface area contributed by atoms with Gasteiger partial charge < -0.3 is 47.2 Å². The zero-order chi connectivity index (χ0) is 93.9. The number of benzene rings is 10. The molecule has 5 saturated heterocycles. The molecule has 2 atom stereocenters. The van der Waals surface area contributed by atoms with E-state index in [9.17, 15) is 32.7 Å². The van der Waals surface area contributed by atoms with Crippen LogP contribution in [0.3, 0.4) is 0 Å². The van der Waals surface area contributed by atoms with E-state index in [4.69, 9.17) is 15.8 Å². The minimum atomic E-state index is -3.14. The molecule has 684 valence electrons. The first-order valence-corrected chi connectivity index (χ1v) is 48.5. The predicted molar refractivity (Wildman–Crippen MR) is 542 cm³/mol. The van der Waals surface area contributed by atoms with E-state index in [1.54, 1.807) is 57.0 Å². The third kappa shape index (κ3) is 23.8. The first-order valence-electron chi connectivity index (χ1n) is 45.1. The molecule has 5 fully saturated rings. The highest BCUT2D eigenvalue weighted by Gasteiger charge is 2.34. The van der Waals surface area contributed by atoms with Gasteiger partial charge in [-0.05, 0) is 285 Å². The molecule has 10 heterocycles. The fourth-order valence-electron chi connectivity index (χ4n) is 17.7. The van der Waals surface area contributed by atoms with E-state index >= 15 is 0 Å². The number of nitrogens with one attached hydrogen (secondary N) is 6. The fourth-order valence-corrected chi connectivity index (χ4v) is 19.3. The van der Waals surface area contributed by atoms with Crippen LogP contribution in [0.25, 0.3) is 109 Å². The van der Waals surface area contributed by atoms with Gasteiger partial charge in [-0.2, -0.15) is 30.6 Å². The van der Waals surface area contributed by atoms with Crippen molar-refractivity contribution in [2.24, 2.45) is 11.8 Å². The Labute approximate surface area is 794 Å². The number of carbonyl (C=O) groups excluding carboxylic acids is 2. The number of rotatable bonds is 19. The summed E-state index contributed by atoms with van der Waals surface area (Å²) in [5, 5.41) is 78.1. The highest BCUT2D eigenvalue weighted by atomic mass is 32.2. The van der Waals surface area contributed by atoms with Crippen LogP contribution in [-0.2, 0) is 30.6 Å².